The van der Waals surface area contributed by atoms with Gasteiger partial charge < -0.3 is 15.4 Å². The van der Waals surface area contributed by atoms with Crippen LogP contribution in [0.1, 0.15) is 12.8 Å². The number of nitrogens with one attached hydrogen (secondary N) is 2. The summed E-state index contributed by atoms with van der Waals surface area (Å²) in [6, 6.07) is 12.7. The minimum atomic E-state index is -0.0746. The van der Waals surface area contributed by atoms with Crippen LogP contribution in [-0.4, -0.2) is 23.5 Å². The molecule has 1 aromatic carbocycles. The van der Waals surface area contributed by atoms with Gasteiger partial charge in [0.2, 0.25) is 11.8 Å². The zero-order valence-corrected chi connectivity index (χ0v) is 14.0. The lowest BCUT2D eigenvalue weighted by Gasteiger charge is -2.11. The summed E-state index contributed by atoms with van der Waals surface area (Å²) in [7, 11) is 0. The van der Waals surface area contributed by atoms with E-state index in [1.165, 1.54) is 0 Å². The van der Waals surface area contributed by atoms with Gasteiger partial charge in [0.05, 0.1) is 6.04 Å². The van der Waals surface area contributed by atoms with E-state index in [0.29, 0.717) is 11.6 Å². The first-order chi connectivity index (χ1) is 10.3. The molecule has 1 saturated heterocycles. The van der Waals surface area contributed by atoms with E-state index in [-0.39, 0.29) is 36.8 Å². The average Bonchev–Trinajstić information content (AvgIpc) is 3.05. The van der Waals surface area contributed by atoms with Crippen LogP contribution in [-0.2, 0) is 4.79 Å². The first-order valence-corrected chi connectivity index (χ1v) is 7.04. The van der Waals surface area contributed by atoms with Gasteiger partial charge in [-0.2, -0.15) is 0 Å². The fourth-order valence-electron chi connectivity index (χ4n) is 2.27. The van der Waals surface area contributed by atoms with Gasteiger partial charge >= 0.3 is 0 Å². The summed E-state index contributed by atoms with van der Waals surface area (Å²) in [6.45, 7) is 0.912. The second-order valence-corrected chi connectivity index (χ2v) is 4.93. The molecule has 5 nitrogen and oxygen atoms in total. The number of halogens is 2. The molecule has 1 unspecified atom stereocenters. The number of rotatable bonds is 4. The number of hydrogen-bond acceptors (Lipinski definition) is 4. The Hall–Kier alpha value is -1.82. The Morgan fingerprint density at radius 3 is 2.57 bits per heavy atom. The van der Waals surface area contributed by atoms with Gasteiger partial charge in [0.1, 0.15) is 5.75 Å². The van der Waals surface area contributed by atoms with Crippen LogP contribution in [0.3, 0.4) is 0 Å². The molecule has 1 aliphatic heterocycles. The minimum absolute atomic E-state index is 0. The standard InChI is InChI=1S/C16H17N3O2.2ClH/c20-16(14-4-3-11-17-14)19-12-6-8-13(9-7-12)21-15-5-1-2-10-18-15;;/h1-2,5-10,14,17H,3-4,11H2,(H,19,20);2*1H. The summed E-state index contributed by atoms with van der Waals surface area (Å²) in [4.78, 5) is 16.1. The molecule has 1 aromatic heterocycles. The van der Waals surface area contributed by atoms with Gasteiger partial charge in [-0.1, -0.05) is 6.07 Å². The molecule has 1 aliphatic rings. The fraction of sp³-hybridized carbons (Fsp3) is 0.250. The van der Waals surface area contributed by atoms with Crippen molar-refractivity contribution >= 4 is 36.4 Å². The van der Waals surface area contributed by atoms with Crippen LogP contribution >= 0.6 is 24.8 Å². The molecule has 0 radical (unpaired) electrons. The number of aromatic nitrogens is 1. The third kappa shape index (κ3) is 5.39. The molecule has 1 amide bonds. The molecule has 0 spiro atoms. The Labute approximate surface area is 147 Å². The molecule has 2 heterocycles. The second-order valence-electron chi connectivity index (χ2n) is 4.93. The molecule has 0 aliphatic carbocycles. The summed E-state index contributed by atoms with van der Waals surface area (Å²) in [5.41, 5.74) is 0.766. The third-order valence-electron chi connectivity index (χ3n) is 3.36. The lowest BCUT2D eigenvalue weighted by Crippen LogP contribution is -2.35. The Balaban J connectivity index is 0.00000132. The Bertz CT molecular complexity index is 602. The van der Waals surface area contributed by atoms with Crippen LogP contribution in [0.25, 0.3) is 0 Å². The number of ether oxygens (including phenoxy) is 1. The summed E-state index contributed by atoms with van der Waals surface area (Å²) in [5.74, 6) is 1.25. The van der Waals surface area contributed by atoms with Crippen LogP contribution in [0.2, 0.25) is 0 Å². The van der Waals surface area contributed by atoms with Gasteiger partial charge in [0.15, 0.2) is 0 Å². The van der Waals surface area contributed by atoms with E-state index in [4.69, 9.17) is 4.74 Å². The maximum Gasteiger partial charge on any atom is 0.241 e. The lowest BCUT2D eigenvalue weighted by molar-refractivity contribution is -0.117. The Morgan fingerprint density at radius 1 is 1.17 bits per heavy atom. The largest absolute Gasteiger partial charge is 0.439 e. The number of pyridine rings is 1. The van der Waals surface area contributed by atoms with Crippen molar-refractivity contribution in [2.24, 2.45) is 0 Å². The van der Waals surface area contributed by atoms with E-state index < -0.39 is 0 Å². The van der Waals surface area contributed by atoms with Gasteiger partial charge in [-0.15, -0.1) is 24.8 Å². The summed E-state index contributed by atoms with van der Waals surface area (Å²) < 4.78 is 5.60. The topological polar surface area (TPSA) is 63.2 Å². The van der Waals surface area contributed by atoms with Crippen molar-refractivity contribution in [2.75, 3.05) is 11.9 Å². The zero-order chi connectivity index (χ0) is 14.5. The quantitative estimate of drug-likeness (QED) is 0.881. The van der Waals surface area contributed by atoms with Crippen LogP contribution in [0, 0.1) is 0 Å². The summed E-state index contributed by atoms with van der Waals surface area (Å²) in [5, 5.41) is 6.08. The molecule has 0 saturated carbocycles. The van der Waals surface area contributed by atoms with E-state index in [1.807, 2.05) is 36.4 Å². The van der Waals surface area contributed by atoms with Crippen molar-refractivity contribution in [3.8, 4) is 11.6 Å². The number of carbonyl (C=O) groups excluding carboxylic acids is 1. The maximum atomic E-state index is 12.0. The van der Waals surface area contributed by atoms with Crippen molar-refractivity contribution in [3.63, 3.8) is 0 Å². The van der Waals surface area contributed by atoms with Crippen LogP contribution in [0.15, 0.2) is 48.7 Å². The average molecular weight is 356 g/mol. The third-order valence-corrected chi connectivity index (χ3v) is 3.36. The van der Waals surface area contributed by atoms with Crippen LogP contribution < -0.4 is 15.4 Å². The number of hydrogen-bond donors (Lipinski definition) is 2. The molecule has 0 bridgehead atoms. The van der Waals surface area contributed by atoms with E-state index >= 15 is 0 Å². The van der Waals surface area contributed by atoms with E-state index in [9.17, 15) is 4.79 Å². The van der Waals surface area contributed by atoms with E-state index in [2.05, 4.69) is 15.6 Å². The van der Waals surface area contributed by atoms with Crippen molar-refractivity contribution in [1.29, 1.82) is 0 Å². The normalized spacial score (nSPS) is 15.9. The smallest absolute Gasteiger partial charge is 0.241 e. The molecule has 2 aromatic rings. The van der Waals surface area contributed by atoms with Gasteiger partial charge in [-0.25, -0.2) is 4.98 Å². The van der Waals surface area contributed by atoms with E-state index in [0.717, 1.165) is 25.1 Å². The van der Waals surface area contributed by atoms with Crippen molar-refractivity contribution in [1.82, 2.24) is 10.3 Å². The van der Waals surface area contributed by atoms with Gasteiger partial charge in [-0.05, 0) is 49.7 Å². The van der Waals surface area contributed by atoms with Crippen LogP contribution in [0.5, 0.6) is 11.6 Å². The van der Waals surface area contributed by atoms with Gasteiger partial charge in [0.25, 0.3) is 0 Å². The highest BCUT2D eigenvalue weighted by Gasteiger charge is 2.21. The predicted octanol–water partition coefficient (Wildman–Crippen LogP) is 3.41. The number of carbonyl (C=O) groups is 1. The minimum Gasteiger partial charge on any atom is -0.439 e. The molecular weight excluding hydrogens is 337 g/mol. The summed E-state index contributed by atoms with van der Waals surface area (Å²) in [6.07, 6.45) is 3.63. The first-order valence-electron chi connectivity index (χ1n) is 7.04. The number of benzene rings is 1. The number of anilines is 1. The number of amides is 1. The highest BCUT2D eigenvalue weighted by Crippen LogP contribution is 2.21. The molecule has 2 N–H and O–H groups in total. The fourth-order valence-corrected chi connectivity index (χ4v) is 2.27. The molecule has 7 heteroatoms. The molecule has 23 heavy (non-hydrogen) atoms. The van der Waals surface area contributed by atoms with Gasteiger partial charge in [0, 0.05) is 18.0 Å². The van der Waals surface area contributed by atoms with Crippen LogP contribution in [0.4, 0.5) is 5.69 Å². The molecule has 1 fully saturated rings. The van der Waals surface area contributed by atoms with Crippen molar-refractivity contribution < 1.29 is 9.53 Å². The maximum absolute atomic E-state index is 12.0. The lowest BCUT2D eigenvalue weighted by atomic mass is 10.2. The summed E-state index contributed by atoms with van der Waals surface area (Å²) >= 11 is 0. The van der Waals surface area contributed by atoms with Crippen molar-refractivity contribution in [3.05, 3.63) is 48.7 Å². The molecule has 3 rings (SSSR count). The highest BCUT2D eigenvalue weighted by molar-refractivity contribution is 5.95. The number of nitrogens with zero attached hydrogens (tertiary/aromatic N) is 1. The molecule has 124 valence electrons. The SMILES string of the molecule is Cl.Cl.O=C(Nc1ccc(Oc2ccccn2)cc1)C1CCCN1. The van der Waals surface area contributed by atoms with E-state index in [1.54, 1.807) is 12.3 Å². The first kappa shape index (κ1) is 19.2. The highest BCUT2D eigenvalue weighted by atomic mass is 35.5. The zero-order valence-electron chi connectivity index (χ0n) is 12.4. The molecule has 1 atom stereocenters. The second kappa shape index (κ2) is 9.35. The predicted molar refractivity (Wildman–Crippen MR) is 94.9 cm³/mol. The molecular formula is C16H19Cl2N3O2. The Kier molecular flexibility index (Phi) is 7.81. The Morgan fingerprint density at radius 2 is 1.96 bits per heavy atom. The van der Waals surface area contributed by atoms with Gasteiger partial charge in [-0.3, -0.25) is 4.79 Å². The van der Waals surface area contributed by atoms with Crippen molar-refractivity contribution in [2.45, 2.75) is 18.9 Å². The monoisotopic (exact) mass is 355 g/mol.